The Kier molecular flexibility index (Phi) is 3.10. The first kappa shape index (κ1) is 10.0. The second-order valence-corrected chi connectivity index (χ2v) is 4.79. The monoisotopic (exact) mass is 240 g/mol. The van der Waals surface area contributed by atoms with E-state index in [1.807, 2.05) is 24.4 Å². The van der Waals surface area contributed by atoms with E-state index >= 15 is 0 Å². The molecule has 0 spiro atoms. The normalized spacial score (nSPS) is 10.4. The fraction of sp³-hybridized carbons (Fsp3) is 0.111. The van der Waals surface area contributed by atoms with Gasteiger partial charge in [-0.1, -0.05) is 6.07 Å². The molecular formula is C9H8N2S3. The van der Waals surface area contributed by atoms with Crippen molar-refractivity contribution in [2.24, 2.45) is 0 Å². The quantitative estimate of drug-likeness (QED) is 0.494. The van der Waals surface area contributed by atoms with Crippen LogP contribution >= 0.6 is 33.8 Å². The van der Waals surface area contributed by atoms with E-state index in [0.29, 0.717) is 5.16 Å². The van der Waals surface area contributed by atoms with Gasteiger partial charge in [-0.2, -0.15) is 0 Å². The van der Waals surface area contributed by atoms with Crippen molar-refractivity contribution in [3.63, 3.8) is 0 Å². The molecule has 2 aromatic rings. The fourth-order valence-electron chi connectivity index (χ4n) is 1.13. The first-order valence-corrected chi connectivity index (χ1v) is 6.75. The van der Waals surface area contributed by atoms with E-state index in [-0.39, 0.29) is 0 Å². The van der Waals surface area contributed by atoms with Crippen LogP contribution in [-0.2, 0) is 0 Å². The minimum atomic E-state index is 0.705. The minimum Gasteiger partial charge on any atom is -0.227 e. The molecule has 0 N–H and O–H groups in total. The van der Waals surface area contributed by atoms with E-state index in [0.717, 1.165) is 11.4 Å². The maximum atomic E-state index is 4.38. The molecule has 5 heteroatoms. The third-order valence-electron chi connectivity index (χ3n) is 1.69. The van der Waals surface area contributed by atoms with Crippen molar-refractivity contribution in [2.45, 2.75) is 12.1 Å². The Labute approximate surface area is 95.6 Å². The van der Waals surface area contributed by atoms with Gasteiger partial charge in [-0.05, 0) is 35.2 Å². The standard InChI is InChI=1S/C9H8N2S3/c1-6-5-7(8-3-2-4-13-8)11-9(10-6)14-12/h2-5,12H,1H3. The first-order chi connectivity index (χ1) is 6.79. The number of aryl methyl sites for hydroxylation is 1. The predicted molar refractivity (Wildman–Crippen MR) is 64.9 cm³/mol. The molecule has 0 aliphatic carbocycles. The third-order valence-corrected chi connectivity index (χ3v) is 3.42. The zero-order valence-electron chi connectivity index (χ0n) is 7.47. The minimum absolute atomic E-state index is 0.705. The van der Waals surface area contributed by atoms with Crippen molar-refractivity contribution in [1.82, 2.24) is 9.97 Å². The molecule has 14 heavy (non-hydrogen) atoms. The molecule has 0 unspecified atom stereocenters. The molecule has 0 saturated heterocycles. The Bertz CT molecular complexity index is 426. The molecular weight excluding hydrogens is 232 g/mol. The SMILES string of the molecule is Cc1cc(-c2cccs2)nc(SS)n1. The zero-order chi connectivity index (χ0) is 9.97. The van der Waals surface area contributed by atoms with Crippen LogP contribution in [0.2, 0.25) is 0 Å². The Morgan fingerprint density at radius 1 is 1.43 bits per heavy atom. The summed E-state index contributed by atoms with van der Waals surface area (Å²) in [5, 5.41) is 2.75. The topological polar surface area (TPSA) is 25.8 Å². The Morgan fingerprint density at radius 3 is 2.93 bits per heavy atom. The van der Waals surface area contributed by atoms with Crippen LogP contribution in [0.25, 0.3) is 10.6 Å². The molecule has 72 valence electrons. The van der Waals surface area contributed by atoms with E-state index in [4.69, 9.17) is 0 Å². The van der Waals surface area contributed by atoms with Crippen molar-refractivity contribution < 1.29 is 0 Å². The summed E-state index contributed by atoms with van der Waals surface area (Å²) in [6.07, 6.45) is 0. The number of aromatic nitrogens is 2. The van der Waals surface area contributed by atoms with E-state index in [1.165, 1.54) is 15.7 Å². The Morgan fingerprint density at radius 2 is 2.29 bits per heavy atom. The van der Waals surface area contributed by atoms with Crippen LogP contribution in [0.1, 0.15) is 5.69 Å². The van der Waals surface area contributed by atoms with Crippen LogP contribution in [0, 0.1) is 6.92 Å². The van der Waals surface area contributed by atoms with Crippen molar-refractivity contribution in [2.75, 3.05) is 0 Å². The molecule has 0 aromatic carbocycles. The third kappa shape index (κ3) is 2.10. The van der Waals surface area contributed by atoms with Crippen molar-refractivity contribution >= 4 is 33.8 Å². The lowest BCUT2D eigenvalue weighted by atomic mass is 10.3. The number of thiophene rings is 1. The lowest BCUT2D eigenvalue weighted by Crippen LogP contribution is -1.90. The second kappa shape index (κ2) is 4.33. The van der Waals surface area contributed by atoms with Crippen LogP contribution in [-0.4, -0.2) is 9.97 Å². The largest absolute Gasteiger partial charge is 0.227 e. The molecule has 2 aromatic heterocycles. The summed E-state index contributed by atoms with van der Waals surface area (Å²) in [6, 6.07) is 6.06. The number of rotatable bonds is 2. The van der Waals surface area contributed by atoms with Crippen molar-refractivity contribution in [1.29, 1.82) is 0 Å². The van der Waals surface area contributed by atoms with Crippen LogP contribution in [0.4, 0.5) is 0 Å². The number of hydrogen-bond acceptors (Lipinski definition) is 5. The zero-order valence-corrected chi connectivity index (χ0v) is 9.99. The lowest BCUT2D eigenvalue weighted by Gasteiger charge is -2.00. The van der Waals surface area contributed by atoms with E-state index < -0.39 is 0 Å². The Balaban J connectivity index is 2.48. The summed E-state index contributed by atoms with van der Waals surface area (Å²) in [6.45, 7) is 1.96. The van der Waals surface area contributed by atoms with Crippen LogP contribution in [0.5, 0.6) is 0 Å². The highest BCUT2D eigenvalue weighted by Gasteiger charge is 2.04. The molecule has 0 amide bonds. The van der Waals surface area contributed by atoms with Gasteiger partial charge in [0.2, 0.25) is 0 Å². The number of thiol groups is 1. The maximum Gasteiger partial charge on any atom is 0.198 e. The van der Waals surface area contributed by atoms with Crippen LogP contribution < -0.4 is 0 Å². The highest BCUT2D eigenvalue weighted by molar-refractivity contribution is 8.68. The van der Waals surface area contributed by atoms with Crippen molar-refractivity contribution in [3.05, 3.63) is 29.3 Å². The smallest absolute Gasteiger partial charge is 0.198 e. The molecule has 2 nitrogen and oxygen atoms in total. The van der Waals surface area contributed by atoms with E-state index in [9.17, 15) is 0 Å². The number of hydrogen-bond donors (Lipinski definition) is 1. The molecule has 0 saturated carbocycles. The van der Waals surface area contributed by atoms with Gasteiger partial charge in [0.25, 0.3) is 0 Å². The summed E-state index contributed by atoms with van der Waals surface area (Å²) in [7, 11) is 1.27. The second-order valence-electron chi connectivity index (χ2n) is 2.75. The average Bonchev–Trinajstić information content (AvgIpc) is 2.69. The highest BCUT2D eigenvalue weighted by atomic mass is 33.1. The maximum absolute atomic E-state index is 4.38. The van der Waals surface area contributed by atoms with Gasteiger partial charge in [0.15, 0.2) is 5.16 Å². The summed E-state index contributed by atoms with van der Waals surface area (Å²) in [4.78, 5) is 9.79. The summed E-state index contributed by atoms with van der Waals surface area (Å²) >= 11 is 5.78. The molecule has 2 rings (SSSR count). The van der Waals surface area contributed by atoms with Gasteiger partial charge in [-0.3, -0.25) is 0 Å². The molecule has 0 aliphatic heterocycles. The van der Waals surface area contributed by atoms with Crippen molar-refractivity contribution in [3.8, 4) is 10.6 Å². The number of nitrogens with zero attached hydrogens (tertiary/aromatic N) is 2. The van der Waals surface area contributed by atoms with E-state index in [2.05, 4.69) is 27.7 Å². The van der Waals surface area contributed by atoms with Gasteiger partial charge in [0, 0.05) is 5.69 Å². The molecule has 0 radical (unpaired) electrons. The van der Waals surface area contributed by atoms with E-state index in [1.54, 1.807) is 11.3 Å². The van der Waals surface area contributed by atoms with Gasteiger partial charge in [0.05, 0.1) is 10.6 Å². The average molecular weight is 240 g/mol. The fourth-order valence-corrected chi connectivity index (χ4v) is 2.39. The first-order valence-electron chi connectivity index (χ1n) is 4.00. The summed E-state index contributed by atoms with van der Waals surface area (Å²) in [5.74, 6) is 0. The van der Waals surface area contributed by atoms with Gasteiger partial charge in [-0.15, -0.1) is 23.0 Å². The Hall–Kier alpha value is -0.520. The van der Waals surface area contributed by atoms with Gasteiger partial charge in [0.1, 0.15) is 0 Å². The van der Waals surface area contributed by atoms with Crippen LogP contribution in [0.3, 0.4) is 0 Å². The predicted octanol–water partition coefficient (Wildman–Crippen LogP) is 3.45. The molecule has 0 fully saturated rings. The molecule has 0 atom stereocenters. The van der Waals surface area contributed by atoms with Gasteiger partial charge in [-0.25, -0.2) is 9.97 Å². The van der Waals surface area contributed by atoms with Crippen LogP contribution in [0.15, 0.2) is 28.7 Å². The molecule has 0 bridgehead atoms. The highest BCUT2D eigenvalue weighted by Crippen LogP contribution is 2.26. The summed E-state index contributed by atoms with van der Waals surface area (Å²) in [5.41, 5.74) is 1.95. The molecule has 0 aliphatic rings. The van der Waals surface area contributed by atoms with Gasteiger partial charge >= 0.3 is 0 Å². The molecule has 2 heterocycles. The summed E-state index contributed by atoms with van der Waals surface area (Å²) < 4.78 is 0. The van der Waals surface area contributed by atoms with Gasteiger partial charge < -0.3 is 0 Å². The lowest BCUT2D eigenvalue weighted by molar-refractivity contribution is 0.945.